The minimum atomic E-state index is 0.533. The second-order valence-corrected chi connectivity index (χ2v) is 5.91. The zero-order chi connectivity index (χ0) is 16.1. The first-order valence-corrected chi connectivity index (χ1v) is 8.38. The first kappa shape index (κ1) is 20.0. The topological polar surface area (TPSA) is 21.3 Å². The Bertz CT molecular complexity index is 328. The third kappa shape index (κ3) is 8.77. The van der Waals surface area contributed by atoms with E-state index in [1.165, 1.54) is 18.4 Å². The lowest BCUT2D eigenvalue weighted by atomic mass is 9.89. The number of ether oxygens (including phenoxy) is 1. The lowest BCUT2D eigenvalue weighted by Crippen LogP contribution is -2.23. The van der Waals surface area contributed by atoms with Crippen LogP contribution in [0.3, 0.4) is 0 Å². The molecular weight excluding hydrogens is 258 g/mol. The van der Waals surface area contributed by atoms with Gasteiger partial charge in [0.1, 0.15) is 5.76 Å². The Labute approximate surface area is 132 Å². The van der Waals surface area contributed by atoms with Crippen LogP contribution in [0.2, 0.25) is 0 Å². The Morgan fingerprint density at radius 2 is 1.95 bits per heavy atom. The van der Waals surface area contributed by atoms with Crippen molar-refractivity contribution >= 4 is 0 Å². The van der Waals surface area contributed by atoms with Crippen LogP contribution in [0.4, 0.5) is 0 Å². The zero-order valence-electron chi connectivity index (χ0n) is 14.7. The highest BCUT2D eigenvalue weighted by Crippen LogP contribution is 2.28. The maximum absolute atomic E-state index is 5.60. The molecule has 2 nitrogen and oxygen atoms in total. The maximum Gasteiger partial charge on any atom is 0.118 e. The number of methoxy groups -OCH3 is 1. The average molecular weight is 293 g/mol. The summed E-state index contributed by atoms with van der Waals surface area (Å²) in [6.45, 7) is 14.9. The molecular formula is C19H35NO. The summed E-state index contributed by atoms with van der Waals surface area (Å²) in [6.07, 6.45) is 10.7. The summed E-state index contributed by atoms with van der Waals surface area (Å²) in [5.41, 5.74) is 1.29. The van der Waals surface area contributed by atoms with Gasteiger partial charge in [-0.25, -0.2) is 0 Å². The molecule has 0 aromatic heterocycles. The van der Waals surface area contributed by atoms with Gasteiger partial charge in [-0.15, -0.1) is 0 Å². The lowest BCUT2D eigenvalue weighted by Gasteiger charge is -2.22. The molecule has 0 amide bonds. The van der Waals surface area contributed by atoms with Crippen LogP contribution in [0.25, 0.3) is 0 Å². The summed E-state index contributed by atoms with van der Waals surface area (Å²) in [5, 5.41) is 3.55. The summed E-state index contributed by atoms with van der Waals surface area (Å²) in [4.78, 5) is 0. The van der Waals surface area contributed by atoms with Crippen molar-refractivity contribution in [2.45, 2.75) is 53.4 Å². The molecule has 122 valence electrons. The molecule has 0 aliphatic heterocycles. The van der Waals surface area contributed by atoms with E-state index in [9.17, 15) is 0 Å². The molecule has 21 heavy (non-hydrogen) atoms. The minimum Gasteiger partial charge on any atom is -0.497 e. The highest BCUT2D eigenvalue weighted by Gasteiger charge is 2.17. The van der Waals surface area contributed by atoms with Gasteiger partial charge in [-0.3, -0.25) is 0 Å². The van der Waals surface area contributed by atoms with Gasteiger partial charge in [0.15, 0.2) is 0 Å². The minimum absolute atomic E-state index is 0.533. The predicted molar refractivity (Wildman–Crippen MR) is 94.4 cm³/mol. The number of hydrogen-bond acceptors (Lipinski definition) is 2. The summed E-state index contributed by atoms with van der Waals surface area (Å²) < 4.78 is 5.60. The molecule has 0 spiro atoms. The van der Waals surface area contributed by atoms with Gasteiger partial charge in [0.05, 0.1) is 7.11 Å². The molecule has 0 heterocycles. The van der Waals surface area contributed by atoms with Crippen LogP contribution in [-0.4, -0.2) is 20.2 Å². The Balaban J connectivity index is 4.86. The quantitative estimate of drug-likeness (QED) is 0.307. The average Bonchev–Trinajstić information content (AvgIpc) is 2.46. The second-order valence-electron chi connectivity index (χ2n) is 5.91. The van der Waals surface area contributed by atoms with Crippen molar-refractivity contribution in [2.24, 2.45) is 11.8 Å². The summed E-state index contributed by atoms with van der Waals surface area (Å²) >= 11 is 0. The Hall–Kier alpha value is -1.02. The zero-order valence-corrected chi connectivity index (χ0v) is 14.7. The second kappa shape index (κ2) is 12.7. The van der Waals surface area contributed by atoms with Crippen molar-refractivity contribution in [2.75, 3.05) is 20.2 Å². The van der Waals surface area contributed by atoms with Crippen molar-refractivity contribution in [1.29, 1.82) is 0 Å². The van der Waals surface area contributed by atoms with Gasteiger partial charge in [0, 0.05) is 0 Å². The molecule has 0 aliphatic carbocycles. The van der Waals surface area contributed by atoms with E-state index in [1.807, 2.05) is 6.08 Å². The van der Waals surface area contributed by atoms with Crippen LogP contribution in [0.15, 0.2) is 36.1 Å². The van der Waals surface area contributed by atoms with Gasteiger partial charge >= 0.3 is 0 Å². The molecule has 0 radical (unpaired) electrons. The molecule has 0 aromatic carbocycles. The molecule has 0 saturated carbocycles. The van der Waals surface area contributed by atoms with E-state index in [-0.39, 0.29) is 0 Å². The molecule has 1 unspecified atom stereocenters. The van der Waals surface area contributed by atoms with Crippen LogP contribution in [0.5, 0.6) is 0 Å². The highest BCUT2D eigenvalue weighted by atomic mass is 16.5. The Kier molecular flexibility index (Phi) is 12.1. The van der Waals surface area contributed by atoms with E-state index in [4.69, 9.17) is 4.74 Å². The first-order valence-electron chi connectivity index (χ1n) is 8.38. The van der Waals surface area contributed by atoms with Gasteiger partial charge in [0.25, 0.3) is 0 Å². The number of rotatable bonds is 12. The fourth-order valence-electron chi connectivity index (χ4n) is 2.52. The molecule has 0 aliphatic rings. The third-order valence-corrected chi connectivity index (χ3v) is 3.49. The molecule has 2 heteroatoms. The normalized spacial score (nSPS) is 14.4. The molecule has 0 rings (SSSR count). The van der Waals surface area contributed by atoms with Gasteiger partial charge in [0.2, 0.25) is 0 Å². The molecule has 0 bridgehead atoms. The third-order valence-electron chi connectivity index (χ3n) is 3.49. The van der Waals surface area contributed by atoms with E-state index < -0.39 is 0 Å². The summed E-state index contributed by atoms with van der Waals surface area (Å²) in [6, 6.07) is 0. The van der Waals surface area contributed by atoms with Crippen molar-refractivity contribution in [3.8, 4) is 0 Å². The fourth-order valence-corrected chi connectivity index (χ4v) is 2.52. The van der Waals surface area contributed by atoms with Crippen molar-refractivity contribution in [1.82, 2.24) is 5.32 Å². The van der Waals surface area contributed by atoms with Crippen LogP contribution in [-0.2, 0) is 4.74 Å². The van der Waals surface area contributed by atoms with Crippen molar-refractivity contribution < 1.29 is 4.74 Å². The van der Waals surface area contributed by atoms with Crippen LogP contribution >= 0.6 is 0 Å². The standard InChI is InChI=1S/C19H35NO/c1-7-10-17(13-14-20-15-16(4)5)18(11-8-2)19(21-6)12-9-3/h8,11-12,16-17,20H,2,7,9-10,13-15H2,1,3-6H3/b18-11-,19-12+. The fraction of sp³-hybridized carbons (Fsp3) is 0.684. The Morgan fingerprint density at radius 3 is 2.43 bits per heavy atom. The molecule has 0 saturated heterocycles. The van der Waals surface area contributed by atoms with Crippen LogP contribution in [0, 0.1) is 11.8 Å². The summed E-state index contributed by atoms with van der Waals surface area (Å²) in [5.74, 6) is 2.25. The van der Waals surface area contributed by atoms with E-state index in [1.54, 1.807) is 7.11 Å². The largest absolute Gasteiger partial charge is 0.497 e. The molecule has 0 aromatic rings. The maximum atomic E-state index is 5.60. The van der Waals surface area contributed by atoms with E-state index >= 15 is 0 Å². The van der Waals surface area contributed by atoms with Crippen molar-refractivity contribution in [3.63, 3.8) is 0 Å². The van der Waals surface area contributed by atoms with E-state index in [2.05, 4.69) is 51.7 Å². The SMILES string of the molecule is C=C/C=C(\C(=C/CC)OC)C(CCC)CCNCC(C)C. The van der Waals surface area contributed by atoms with Crippen molar-refractivity contribution in [3.05, 3.63) is 36.1 Å². The van der Waals surface area contributed by atoms with Crippen LogP contribution in [0.1, 0.15) is 53.4 Å². The number of allylic oxidation sites excluding steroid dienone is 4. The summed E-state index contributed by atoms with van der Waals surface area (Å²) in [7, 11) is 1.76. The number of hydrogen-bond donors (Lipinski definition) is 1. The van der Waals surface area contributed by atoms with Crippen LogP contribution < -0.4 is 5.32 Å². The lowest BCUT2D eigenvalue weighted by molar-refractivity contribution is 0.286. The van der Waals surface area contributed by atoms with E-state index in [0.717, 1.165) is 31.7 Å². The first-order chi connectivity index (χ1) is 10.1. The van der Waals surface area contributed by atoms with Gasteiger partial charge in [-0.05, 0) is 55.8 Å². The Morgan fingerprint density at radius 1 is 1.24 bits per heavy atom. The molecule has 0 fully saturated rings. The highest BCUT2D eigenvalue weighted by molar-refractivity contribution is 5.31. The number of nitrogens with one attached hydrogen (secondary N) is 1. The van der Waals surface area contributed by atoms with Gasteiger partial charge in [-0.2, -0.15) is 0 Å². The van der Waals surface area contributed by atoms with Gasteiger partial charge in [-0.1, -0.05) is 52.8 Å². The smallest absolute Gasteiger partial charge is 0.118 e. The molecule has 1 atom stereocenters. The van der Waals surface area contributed by atoms with Gasteiger partial charge < -0.3 is 10.1 Å². The monoisotopic (exact) mass is 293 g/mol. The predicted octanol–water partition coefficient (Wildman–Crippen LogP) is 5.09. The molecule has 1 N–H and O–H groups in total. The van der Waals surface area contributed by atoms with E-state index in [0.29, 0.717) is 11.8 Å².